The maximum atomic E-state index is 11.9. The summed E-state index contributed by atoms with van der Waals surface area (Å²) in [6.07, 6.45) is 7.67. The molecule has 0 spiro atoms. The third-order valence-corrected chi connectivity index (χ3v) is 4.53. The number of carbonyl (C=O) groups excluding carboxylic acids is 1. The minimum atomic E-state index is 0.0902. The smallest absolute Gasteiger partial charge is 0.221 e. The summed E-state index contributed by atoms with van der Waals surface area (Å²) in [4.78, 5) is 11.9. The molecule has 0 aromatic heterocycles. The average Bonchev–Trinajstić information content (AvgIpc) is 2.28. The first kappa shape index (κ1) is 15.8. The van der Waals surface area contributed by atoms with Crippen LogP contribution < -0.4 is 10.6 Å². The number of amides is 1. The van der Waals surface area contributed by atoms with Crippen LogP contribution in [0.25, 0.3) is 0 Å². The van der Waals surface area contributed by atoms with E-state index >= 15 is 0 Å². The van der Waals surface area contributed by atoms with E-state index in [9.17, 15) is 4.79 Å². The molecule has 1 saturated carbocycles. The first-order valence-electron chi connectivity index (χ1n) is 6.99. The van der Waals surface area contributed by atoms with Crippen molar-refractivity contribution in [1.82, 2.24) is 10.6 Å². The van der Waals surface area contributed by atoms with Gasteiger partial charge >= 0.3 is 0 Å². The Morgan fingerprint density at radius 1 is 1.28 bits per heavy atom. The van der Waals surface area contributed by atoms with Crippen LogP contribution in [-0.4, -0.2) is 35.5 Å². The Kier molecular flexibility index (Phi) is 6.50. The predicted octanol–water partition coefficient (Wildman–Crippen LogP) is 2.56. The molecule has 2 atom stereocenters. The second-order valence-corrected chi connectivity index (χ2v) is 7.24. The van der Waals surface area contributed by atoms with Crippen LogP contribution in [0.3, 0.4) is 0 Å². The van der Waals surface area contributed by atoms with E-state index in [2.05, 4.69) is 37.7 Å². The Morgan fingerprint density at radius 2 is 1.94 bits per heavy atom. The molecule has 1 amide bonds. The van der Waals surface area contributed by atoms with Crippen LogP contribution in [0.5, 0.6) is 0 Å². The van der Waals surface area contributed by atoms with Crippen molar-refractivity contribution in [3.63, 3.8) is 0 Å². The largest absolute Gasteiger partial charge is 0.352 e. The van der Waals surface area contributed by atoms with Crippen LogP contribution in [0.2, 0.25) is 0 Å². The van der Waals surface area contributed by atoms with Gasteiger partial charge in [-0.1, -0.05) is 12.8 Å². The van der Waals surface area contributed by atoms with Crippen molar-refractivity contribution in [2.75, 3.05) is 12.8 Å². The molecule has 4 heteroatoms. The van der Waals surface area contributed by atoms with Crippen molar-refractivity contribution < 1.29 is 4.79 Å². The molecule has 0 saturated heterocycles. The summed E-state index contributed by atoms with van der Waals surface area (Å²) in [7, 11) is 0. The second kappa shape index (κ2) is 7.39. The number of hydrogen-bond donors (Lipinski definition) is 2. The second-order valence-electron chi connectivity index (χ2n) is 6.16. The standard InChI is InChI=1S/C14H28N2OS/c1-14(2,3)15-10-9-13(17)16-11-7-5-6-8-12(11)18-4/h11-12,15H,5-10H2,1-4H3,(H,16,17). The zero-order valence-corrected chi connectivity index (χ0v) is 13.0. The summed E-state index contributed by atoms with van der Waals surface area (Å²) in [6.45, 7) is 7.12. The van der Waals surface area contributed by atoms with Gasteiger partial charge in [0.2, 0.25) is 5.91 Å². The molecule has 0 aromatic carbocycles. The van der Waals surface area contributed by atoms with Gasteiger partial charge < -0.3 is 10.6 Å². The highest BCUT2D eigenvalue weighted by atomic mass is 32.2. The summed E-state index contributed by atoms with van der Waals surface area (Å²) in [6, 6.07) is 0.385. The van der Waals surface area contributed by atoms with E-state index in [0.29, 0.717) is 17.7 Å². The molecule has 3 nitrogen and oxygen atoms in total. The summed E-state index contributed by atoms with van der Waals surface area (Å²) in [5, 5.41) is 7.17. The van der Waals surface area contributed by atoms with E-state index in [-0.39, 0.29) is 11.4 Å². The molecule has 0 aromatic rings. The molecule has 1 fully saturated rings. The third kappa shape index (κ3) is 6.10. The zero-order valence-electron chi connectivity index (χ0n) is 12.2. The summed E-state index contributed by atoms with van der Waals surface area (Å²) in [5.74, 6) is 0.192. The first-order chi connectivity index (χ1) is 8.42. The Hall–Kier alpha value is -0.220. The van der Waals surface area contributed by atoms with E-state index in [1.807, 2.05) is 11.8 Å². The van der Waals surface area contributed by atoms with E-state index in [4.69, 9.17) is 0 Å². The molecule has 0 radical (unpaired) electrons. The molecule has 1 aliphatic rings. The lowest BCUT2D eigenvalue weighted by Crippen LogP contribution is -2.45. The topological polar surface area (TPSA) is 41.1 Å². The first-order valence-corrected chi connectivity index (χ1v) is 8.28. The maximum absolute atomic E-state index is 11.9. The van der Waals surface area contributed by atoms with E-state index in [0.717, 1.165) is 13.0 Å². The minimum absolute atomic E-state index is 0.0902. The Balaban J connectivity index is 2.26. The third-order valence-electron chi connectivity index (χ3n) is 3.36. The van der Waals surface area contributed by atoms with Gasteiger partial charge in [-0.15, -0.1) is 0 Å². The Labute approximate surface area is 116 Å². The molecule has 0 heterocycles. The predicted molar refractivity (Wildman–Crippen MR) is 80.1 cm³/mol. The van der Waals surface area contributed by atoms with Gasteiger partial charge in [0.15, 0.2) is 0 Å². The van der Waals surface area contributed by atoms with Crippen LogP contribution in [0.15, 0.2) is 0 Å². The minimum Gasteiger partial charge on any atom is -0.352 e. The van der Waals surface area contributed by atoms with Gasteiger partial charge in [-0.3, -0.25) is 4.79 Å². The zero-order chi connectivity index (χ0) is 13.6. The number of thioether (sulfide) groups is 1. The molecular weight excluding hydrogens is 244 g/mol. The van der Waals surface area contributed by atoms with Crippen LogP contribution in [-0.2, 0) is 4.79 Å². The normalized spacial score (nSPS) is 24.9. The van der Waals surface area contributed by atoms with Gasteiger partial charge in [-0.2, -0.15) is 11.8 Å². The lowest BCUT2D eigenvalue weighted by atomic mass is 9.95. The van der Waals surface area contributed by atoms with Crippen LogP contribution in [0.1, 0.15) is 52.9 Å². The number of rotatable bonds is 5. The number of carbonyl (C=O) groups is 1. The lowest BCUT2D eigenvalue weighted by molar-refractivity contribution is -0.121. The highest BCUT2D eigenvalue weighted by Crippen LogP contribution is 2.27. The van der Waals surface area contributed by atoms with Gasteiger partial charge in [0.25, 0.3) is 0 Å². The number of nitrogens with one attached hydrogen (secondary N) is 2. The highest BCUT2D eigenvalue weighted by molar-refractivity contribution is 7.99. The maximum Gasteiger partial charge on any atom is 0.221 e. The summed E-state index contributed by atoms with van der Waals surface area (Å²) >= 11 is 1.89. The summed E-state index contributed by atoms with van der Waals surface area (Å²) < 4.78 is 0. The van der Waals surface area contributed by atoms with Crippen molar-refractivity contribution in [3.05, 3.63) is 0 Å². The van der Waals surface area contributed by atoms with E-state index in [1.165, 1.54) is 19.3 Å². The lowest BCUT2D eigenvalue weighted by Gasteiger charge is -2.31. The monoisotopic (exact) mass is 272 g/mol. The summed E-state index contributed by atoms with van der Waals surface area (Å²) in [5.41, 5.74) is 0.0902. The molecule has 2 unspecified atom stereocenters. The van der Waals surface area contributed by atoms with Crippen molar-refractivity contribution in [2.45, 2.75) is 69.7 Å². The van der Waals surface area contributed by atoms with Gasteiger partial charge in [0.1, 0.15) is 0 Å². The van der Waals surface area contributed by atoms with E-state index in [1.54, 1.807) is 0 Å². The molecule has 1 aliphatic carbocycles. The quantitative estimate of drug-likeness (QED) is 0.808. The van der Waals surface area contributed by atoms with Crippen molar-refractivity contribution >= 4 is 17.7 Å². The molecule has 18 heavy (non-hydrogen) atoms. The van der Waals surface area contributed by atoms with Crippen LogP contribution >= 0.6 is 11.8 Å². The fourth-order valence-electron chi connectivity index (χ4n) is 2.37. The molecule has 106 valence electrons. The molecule has 2 N–H and O–H groups in total. The van der Waals surface area contributed by atoms with E-state index < -0.39 is 0 Å². The SMILES string of the molecule is CSC1CCCCC1NC(=O)CCNC(C)(C)C. The van der Waals surface area contributed by atoms with Crippen molar-refractivity contribution in [2.24, 2.45) is 0 Å². The average molecular weight is 272 g/mol. The molecule has 0 bridgehead atoms. The van der Waals surface area contributed by atoms with Gasteiger partial charge in [-0.25, -0.2) is 0 Å². The van der Waals surface area contributed by atoms with Crippen LogP contribution in [0, 0.1) is 0 Å². The van der Waals surface area contributed by atoms with Crippen molar-refractivity contribution in [3.8, 4) is 0 Å². The fourth-order valence-corrected chi connectivity index (χ4v) is 3.31. The van der Waals surface area contributed by atoms with Gasteiger partial charge in [-0.05, 0) is 39.9 Å². The highest BCUT2D eigenvalue weighted by Gasteiger charge is 2.25. The number of hydrogen-bond acceptors (Lipinski definition) is 3. The van der Waals surface area contributed by atoms with Crippen LogP contribution in [0.4, 0.5) is 0 Å². The molecule has 1 rings (SSSR count). The molecule has 0 aliphatic heterocycles. The fraction of sp³-hybridized carbons (Fsp3) is 0.929. The van der Waals surface area contributed by atoms with Gasteiger partial charge in [0, 0.05) is 29.8 Å². The Morgan fingerprint density at radius 3 is 2.56 bits per heavy atom. The van der Waals surface area contributed by atoms with Crippen molar-refractivity contribution in [1.29, 1.82) is 0 Å². The van der Waals surface area contributed by atoms with Gasteiger partial charge in [0.05, 0.1) is 0 Å². The Bertz CT molecular complexity index is 263. The molecular formula is C14H28N2OS.